The molecule has 0 spiro atoms. The molecule has 0 saturated carbocycles. The van der Waals surface area contributed by atoms with Crippen molar-refractivity contribution in [2.75, 3.05) is 0 Å². The molecule has 0 aliphatic heterocycles. The molecule has 1 heterocycles. The minimum Gasteiger partial charge on any atom is -0.335 e. The zero-order chi connectivity index (χ0) is 7.84. The predicted octanol–water partition coefficient (Wildman–Crippen LogP) is 1.65. The van der Waals surface area contributed by atoms with Crippen LogP contribution >= 0.6 is 9.39 Å². The van der Waals surface area contributed by atoms with E-state index in [4.69, 9.17) is 0 Å². The standard InChI is InChI=1S/C8H10NOP/c10-8-3-1-2-7-6(8)4-5-9(7)11/h4-5H,1-3,11H2. The third-order valence-electron chi connectivity index (χ3n) is 2.14. The normalized spacial score (nSPS) is 16.6. The average Bonchev–Trinajstić information content (AvgIpc) is 2.35. The highest BCUT2D eigenvalue weighted by Gasteiger charge is 2.18. The van der Waals surface area contributed by atoms with Gasteiger partial charge in [0.1, 0.15) is 0 Å². The Morgan fingerprint density at radius 1 is 1.45 bits per heavy atom. The topological polar surface area (TPSA) is 22.0 Å². The maximum Gasteiger partial charge on any atom is 0.164 e. The summed E-state index contributed by atoms with van der Waals surface area (Å²) in [6, 6.07) is 1.91. The zero-order valence-corrected chi connectivity index (χ0v) is 7.36. The van der Waals surface area contributed by atoms with Crippen LogP contribution < -0.4 is 0 Å². The lowest BCUT2D eigenvalue weighted by Crippen LogP contribution is -2.09. The molecule has 0 fully saturated rings. The number of carbonyl (C=O) groups excluding carboxylic acids is 1. The van der Waals surface area contributed by atoms with E-state index in [9.17, 15) is 4.79 Å². The highest BCUT2D eigenvalue weighted by Crippen LogP contribution is 2.23. The summed E-state index contributed by atoms with van der Waals surface area (Å²) in [5.74, 6) is 0.299. The fourth-order valence-electron chi connectivity index (χ4n) is 1.55. The summed E-state index contributed by atoms with van der Waals surface area (Å²) in [7, 11) is 2.60. The second kappa shape index (κ2) is 2.46. The number of fused-ring (bicyclic) bond motifs is 1. The van der Waals surface area contributed by atoms with Gasteiger partial charge in [-0.1, -0.05) is 0 Å². The van der Waals surface area contributed by atoms with E-state index >= 15 is 0 Å². The van der Waals surface area contributed by atoms with Crippen molar-refractivity contribution in [2.45, 2.75) is 19.3 Å². The molecule has 58 valence electrons. The first-order chi connectivity index (χ1) is 5.29. The maximum atomic E-state index is 11.3. The molecule has 0 N–H and O–H groups in total. The molecular formula is C8H10NOP. The van der Waals surface area contributed by atoms with Crippen molar-refractivity contribution in [3.63, 3.8) is 0 Å². The molecule has 1 atom stereocenters. The van der Waals surface area contributed by atoms with Crippen molar-refractivity contribution in [1.29, 1.82) is 0 Å². The summed E-state index contributed by atoms with van der Waals surface area (Å²) in [5.41, 5.74) is 2.09. The van der Waals surface area contributed by atoms with Crippen LogP contribution in [0.1, 0.15) is 28.9 Å². The molecule has 2 rings (SSSR count). The second-order valence-electron chi connectivity index (χ2n) is 2.86. The van der Waals surface area contributed by atoms with Gasteiger partial charge in [-0.3, -0.25) is 4.79 Å². The summed E-state index contributed by atoms with van der Waals surface area (Å²) in [6.07, 6.45) is 4.70. The highest BCUT2D eigenvalue weighted by atomic mass is 31.0. The Morgan fingerprint density at radius 3 is 3.00 bits per heavy atom. The van der Waals surface area contributed by atoms with Gasteiger partial charge in [0.2, 0.25) is 0 Å². The smallest absolute Gasteiger partial charge is 0.164 e. The fraction of sp³-hybridized carbons (Fsp3) is 0.375. The number of Topliss-reactive ketones (excluding diaryl/α,β-unsaturated/α-hetero) is 1. The summed E-state index contributed by atoms with van der Waals surface area (Å²) < 4.78 is 1.96. The van der Waals surface area contributed by atoms with Crippen molar-refractivity contribution >= 4 is 15.2 Å². The summed E-state index contributed by atoms with van der Waals surface area (Å²) >= 11 is 0. The van der Waals surface area contributed by atoms with Gasteiger partial charge in [0.15, 0.2) is 5.78 Å². The van der Waals surface area contributed by atoms with Crippen LogP contribution in [0.15, 0.2) is 12.3 Å². The molecule has 0 bridgehead atoms. The van der Waals surface area contributed by atoms with Gasteiger partial charge >= 0.3 is 0 Å². The molecule has 0 aromatic carbocycles. The molecule has 0 amide bonds. The first kappa shape index (κ1) is 7.05. The number of hydrogen-bond donors (Lipinski definition) is 0. The van der Waals surface area contributed by atoms with Gasteiger partial charge in [0, 0.05) is 23.9 Å². The first-order valence-electron chi connectivity index (χ1n) is 3.77. The van der Waals surface area contributed by atoms with Crippen LogP contribution in [0, 0.1) is 0 Å². The Labute approximate surface area is 67.9 Å². The number of hydrogen-bond acceptors (Lipinski definition) is 1. The molecular weight excluding hydrogens is 157 g/mol. The Balaban J connectivity index is 2.55. The number of aromatic nitrogens is 1. The van der Waals surface area contributed by atoms with E-state index in [1.54, 1.807) is 0 Å². The molecule has 3 heteroatoms. The summed E-state index contributed by atoms with van der Waals surface area (Å²) in [5, 5.41) is 0. The van der Waals surface area contributed by atoms with Gasteiger partial charge in [0.25, 0.3) is 0 Å². The van der Waals surface area contributed by atoms with Crippen molar-refractivity contribution in [1.82, 2.24) is 4.34 Å². The number of rotatable bonds is 0. The molecule has 1 aromatic heterocycles. The highest BCUT2D eigenvalue weighted by molar-refractivity contribution is 7.14. The third kappa shape index (κ3) is 1.02. The lowest BCUT2D eigenvalue weighted by atomic mass is 9.97. The Hall–Kier alpha value is -0.620. The number of nitrogens with zero attached hydrogens (tertiary/aromatic N) is 1. The van der Waals surface area contributed by atoms with Crippen molar-refractivity contribution in [3.05, 3.63) is 23.5 Å². The molecule has 0 radical (unpaired) electrons. The van der Waals surface area contributed by atoms with Gasteiger partial charge in [-0.2, -0.15) is 0 Å². The van der Waals surface area contributed by atoms with E-state index in [0.29, 0.717) is 5.78 Å². The fourth-order valence-corrected chi connectivity index (χ4v) is 1.90. The molecule has 2 nitrogen and oxygen atoms in total. The first-order valence-corrected chi connectivity index (χ1v) is 4.29. The van der Waals surface area contributed by atoms with Gasteiger partial charge < -0.3 is 4.34 Å². The van der Waals surface area contributed by atoms with E-state index < -0.39 is 0 Å². The van der Waals surface area contributed by atoms with Crippen LogP contribution in [0.5, 0.6) is 0 Å². The predicted molar refractivity (Wildman–Crippen MR) is 46.8 cm³/mol. The van der Waals surface area contributed by atoms with Gasteiger partial charge in [-0.05, 0) is 28.3 Å². The minimum atomic E-state index is 0.299. The second-order valence-corrected chi connectivity index (χ2v) is 3.42. The number of carbonyl (C=O) groups is 1. The Morgan fingerprint density at radius 2 is 2.27 bits per heavy atom. The quantitative estimate of drug-likeness (QED) is 0.538. The van der Waals surface area contributed by atoms with E-state index in [1.807, 2.05) is 16.6 Å². The van der Waals surface area contributed by atoms with Crippen LogP contribution in [0.3, 0.4) is 0 Å². The van der Waals surface area contributed by atoms with E-state index in [1.165, 1.54) is 5.69 Å². The maximum absolute atomic E-state index is 11.3. The lowest BCUT2D eigenvalue weighted by molar-refractivity contribution is 0.0972. The molecule has 1 unspecified atom stereocenters. The van der Waals surface area contributed by atoms with Crippen LogP contribution in [-0.2, 0) is 6.42 Å². The minimum absolute atomic E-state index is 0.299. The zero-order valence-electron chi connectivity index (χ0n) is 6.21. The van der Waals surface area contributed by atoms with Crippen molar-refractivity contribution in [3.8, 4) is 0 Å². The van der Waals surface area contributed by atoms with Crippen molar-refractivity contribution < 1.29 is 4.79 Å². The van der Waals surface area contributed by atoms with Crippen LogP contribution in [0.2, 0.25) is 0 Å². The SMILES string of the molecule is O=C1CCCc2c1ccn2P. The van der Waals surface area contributed by atoms with E-state index in [-0.39, 0.29) is 0 Å². The molecule has 1 aromatic rings. The third-order valence-corrected chi connectivity index (χ3v) is 2.63. The monoisotopic (exact) mass is 167 g/mol. The molecule has 11 heavy (non-hydrogen) atoms. The largest absolute Gasteiger partial charge is 0.335 e. The van der Waals surface area contributed by atoms with Crippen LogP contribution in [0.4, 0.5) is 0 Å². The van der Waals surface area contributed by atoms with Gasteiger partial charge in [0.05, 0.1) is 0 Å². The molecule has 0 saturated heterocycles. The molecule has 1 aliphatic rings. The van der Waals surface area contributed by atoms with Crippen molar-refractivity contribution in [2.24, 2.45) is 0 Å². The molecule has 1 aliphatic carbocycles. The summed E-state index contributed by atoms with van der Waals surface area (Å²) in [4.78, 5) is 11.3. The lowest BCUT2D eigenvalue weighted by Gasteiger charge is -2.11. The summed E-state index contributed by atoms with van der Waals surface area (Å²) in [6.45, 7) is 0. The number of ketones is 1. The van der Waals surface area contributed by atoms with Gasteiger partial charge in [-0.15, -0.1) is 0 Å². The van der Waals surface area contributed by atoms with E-state index in [0.717, 1.165) is 24.8 Å². The van der Waals surface area contributed by atoms with Crippen LogP contribution in [0.25, 0.3) is 0 Å². The van der Waals surface area contributed by atoms with Gasteiger partial charge in [-0.25, -0.2) is 0 Å². The van der Waals surface area contributed by atoms with Crippen LogP contribution in [-0.4, -0.2) is 10.1 Å². The average molecular weight is 167 g/mol. The Kier molecular flexibility index (Phi) is 1.57. The van der Waals surface area contributed by atoms with E-state index in [2.05, 4.69) is 9.39 Å². The Bertz CT molecular complexity index is 303.